The van der Waals surface area contributed by atoms with Crippen LogP contribution in [0.5, 0.6) is 0 Å². The smallest absolute Gasteiger partial charge is 0.0218 e. The van der Waals surface area contributed by atoms with Crippen LogP contribution in [0.25, 0.3) is 0 Å². The van der Waals surface area contributed by atoms with Gasteiger partial charge < -0.3 is 0 Å². The van der Waals surface area contributed by atoms with E-state index < -0.39 is 0 Å². The van der Waals surface area contributed by atoms with Crippen LogP contribution < -0.4 is 0 Å². The van der Waals surface area contributed by atoms with Crippen LogP contribution in [0.3, 0.4) is 0 Å². The van der Waals surface area contributed by atoms with Gasteiger partial charge in [-0.15, -0.1) is 0 Å². The standard InChI is InChI=1S/C14H28BrN/c1-4-6-7-13(5-2)11-16-9-8-12(3)14(16)10-15/h12-14H,4-11H2,1-3H3. The molecule has 0 radical (unpaired) electrons. The Kier molecular flexibility index (Phi) is 6.98. The summed E-state index contributed by atoms with van der Waals surface area (Å²) >= 11 is 3.68. The van der Waals surface area contributed by atoms with Gasteiger partial charge in [-0.25, -0.2) is 0 Å². The molecule has 3 atom stereocenters. The van der Waals surface area contributed by atoms with Gasteiger partial charge in [0.25, 0.3) is 0 Å². The quantitative estimate of drug-likeness (QED) is 0.632. The minimum atomic E-state index is 0.788. The van der Waals surface area contributed by atoms with Crippen LogP contribution in [0.2, 0.25) is 0 Å². The first-order valence-corrected chi connectivity index (χ1v) is 8.15. The highest BCUT2D eigenvalue weighted by atomic mass is 79.9. The Labute approximate surface area is 110 Å². The predicted octanol–water partition coefficient (Wildman–Crippen LogP) is 4.31. The Morgan fingerprint density at radius 3 is 2.69 bits per heavy atom. The molecular weight excluding hydrogens is 262 g/mol. The molecule has 0 aliphatic carbocycles. The van der Waals surface area contributed by atoms with Gasteiger partial charge in [-0.3, -0.25) is 4.90 Å². The van der Waals surface area contributed by atoms with Crippen LogP contribution >= 0.6 is 15.9 Å². The molecule has 3 unspecified atom stereocenters. The van der Waals surface area contributed by atoms with Crippen molar-refractivity contribution in [3.05, 3.63) is 0 Å². The normalized spacial score (nSPS) is 28.5. The van der Waals surface area contributed by atoms with Crippen LogP contribution in [-0.4, -0.2) is 29.4 Å². The molecule has 1 nitrogen and oxygen atoms in total. The third-order valence-corrected chi connectivity index (χ3v) is 4.85. The number of alkyl halides is 1. The number of nitrogens with zero attached hydrogens (tertiary/aromatic N) is 1. The van der Waals surface area contributed by atoms with Crippen LogP contribution in [0.1, 0.15) is 52.9 Å². The third kappa shape index (κ3) is 4.03. The lowest BCUT2D eigenvalue weighted by molar-refractivity contribution is 0.203. The zero-order chi connectivity index (χ0) is 12.0. The van der Waals surface area contributed by atoms with Crippen LogP contribution in [-0.2, 0) is 0 Å². The van der Waals surface area contributed by atoms with E-state index in [0.717, 1.165) is 23.2 Å². The molecule has 0 aromatic carbocycles. The predicted molar refractivity (Wildman–Crippen MR) is 76.2 cm³/mol. The fourth-order valence-electron chi connectivity index (χ4n) is 2.81. The van der Waals surface area contributed by atoms with Gasteiger partial charge in [0.1, 0.15) is 0 Å². The lowest BCUT2D eigenvalue weighted by atomic mass is 9.98. The van der Waals surface area contributed by atoms with E-state index in [9.17, 15) is 0 Å². The van der Waals surface area contributed by atoms with Crippen LogP contribution in [0.4, 0.5) is 0 Å². The maximum absolute atomic E-state index is 3.68. The van der Waals surface area contributed by atoms with E-state index in [1.54, 1.807) is 0 Å². The molecule has 1 saturated heterocycles. The highest BCUT2D eigenvalue weighted by Gasteiger charge is 2.30. The first-order valence-electron chi connectivity index (χ1n) is 7.02. The summed E-state index contributed by atoms with van der Waals surface area (Å²) in [5.74, 6) is 1.80. The Morgan fingerprint density at radius 1 is 1.38 bits per heavy atom. The molecule has 2 heteroatoms. The number of hydrogen-bond acceptors (Lipinski definition) is 1. The summed E-state index contributed by atoms with van der Waals surface area (Å²) in [6, 6.07) is 0.788. The molecule has 1 aliphatic heterocycles. The SMILES string of the molecule is CCCCC(CC)CN1CCC(C)C1CBr. The van der Waals surface area contributed by atoms with Gasteiger partial charge in [0.15, 0.2) is 0 Å². The van der Waals surface area contributed by atoms with Crippen molar-refractivity contribution in [3.63, 3.8) is 0 Å². The molecular formula is C14H28BrN. The van der Waals surface area contributed by atoms with E-state index in [1.165, 1.54) is 45.2 Å². The van der Waals surface area contributed by atoms with Gasteiger partial charge >= 0.3 is 0 Å². The van der Waals surface area contributed by atoms with E-state index in [4.69, 9.17) is 0 Å². The number of hydrogen-bond donors (Lipinski definition) is 0. The second-order valence-electron chi connectivity index (χ2n) is 5.40. The van der Waals surface area contributed by atoms with Crippen LogP contribution in [0, 0.1) is 11.8 Å². The molecule has 0 saturated carbocycles. The van der Waals surface area contributed by atoms with E-state index in [1.807, 2.05) is 0 Å². The van der Waals surface area contributed by atoms with Crippen molar-refractivity contribution in [3.8, 4) is 0 Å². The highest BCUT2D eigenvalue weighted by Crippen LogP contribution is 2.27. The Morgan fingerprint density at radius 2 is 2.12 bits per heavy atom. The molecule has 16 heavy (non-hydrogen) atoms. The Balaban J connectivity index is 2.38. The van der Waals surface area contributed by atoms with Crippen molar-refractivity contribution >= 4 is 15.9 Å². The number of likely N-dealkylation sites (tertiary alicyclic amines) is 1. The van der Waals surface area contributed by atoms with Crippen LogP contribution in [0.15, 0.2) is 0 Å². The van der Waals surface area contributed by atoms with E-state index >= 15 is 0 Å². The Hall–Kier alpha value is 0.440. The summed E-state index contributed by atoms with van der Waals surface area (Å²) in [5.41, 5.74) is 0. The van der Waals surface area contributed by atoms with Crippen molar-refractivity contribution in [1.82, 2.24) is 4.90 Å². The van der Waals surface area contributed by atoms with Crippen molar-refractivity contribution in [2.75, 3.05) is 18.4 Å². The minimum absolute atomic E-state index is 0.788. The summed E-state index contributed by atoms with van der Waals surface area (Å²) in [7, 11) is 0. The molecule has 1 fully saturated rings. The van der Waals surface area contributed by atoms with Crippen molar-refractivity contribution in [1.29, 1.82) is 0 Å². The molecule has 96 valence electrons. The first kappa shape index (κ1) is 14.5. The molecule has 0 bridgehead atoms. The monoisotopic (exact) mass is 289 g/mol. The first-order chi connectivity index (χ1) is 7.72. The van der Waals surface area contributed by atoms with Crippen molar-refractivity contribution in [2.24, 2.45) is 11.8 Å². The summed E-state index contributed by atoms with van der Waals surface area (Å²) < 4.78 is 0. The largest absolute Gasteiger partial charge is 0.299 e. The Bertz CT molecular complexity index is 184. The van der Waals surface area contributed by atoms with Gasteiger partial charge in [0.2, 0.25) is 0 Å². The second-order valence-corrected chi connectivity index (χ2v) is 6.05. The fourth-order valence-corrected chi connectivity index (χ4v) is 3.86. The van der Waals surface area contributed by atoms with Gasteiger partial charge in [-0.2, -0.15) is 0 Å². The summed E-state index contributed by atoms with van der Waals surface area (Å²) in [6.07, 6.45) is 6.91. The third-order valence-electron chi connectivity index (χ3n) is 4.19. The van der Waals surface area contributed by atoms with Gasteiger partial charge in [-0.1, -0.05) is 56.0 Å². The fraction of sp³-hybridized carbons (Fsp3) is 1.00. The number of halogens is 1. The molecule has 1 rings (SSSR count). The molecule has 1 heterocycles. The second kappa shape index (κ2) is 7.71. The molecule has 0 amide bonds. The zero-order valence-corrected chi connectivity index (χ0v) is 12.8. The average Bonchev–Trinajstić information content (AvgIpc) is 2.64. The maximum atomic E-state index is 3.68. The van der Waals surface area contributed by atoms with Gasteiger partial charge in [0.05, 0.1) is 0 Å². The molecule has 0 aromatic heterocycles. The molecule has 0 spiro atoms. The average molecular weight is 290 g/mol. The zero-order valence-electron chi connectivity index (χ0n) is 11.2. The summed E-state index contributed by atoms with van der Waals surface area (Å²) in [5, 5.41) is 1.15. The molecule has 0 N–H and O–H groups in total. The molecule has 0 aromatic rings. The maximum Gasteiger partial charge on any atom is 0.0218 e. The van der Waals surface area contributed by atoms with E-state index in [-0.39, 0.29) is 0 Å². The summed E-state index contributed by atoms with van der Waals surface area (Å²) in [4.78, 5) is 2.73. The topological polar surface area (TPSA) is 3.24 Å². The number of rotatable bonds is 7. The van der Waals surface area contributed by atoms with Gasteiger partial charge in [0, 0.05) is 17.9 Å². The van der Waals surface area contributed by atoms with Crippen molar-refractivity contribution < 1.29 is 0 Å². The van der Waals surface area contributed by atoms with Gasteiger partial charge in [-0.05, 0) is 31.2 Å². The lowest BCUT2D eigenvalue weighted by Crippen LogP contribution is -2.37. The van der Waals surface area contributed by atoms with E-state index in [2.05, 4.69) is 41.6 Å². The molecule has 1 aliphatic rings. The number of unbranched alkanes of at least 4 members (excludes halogenated alkanes) is 1. The minimum Gasteiger partial charge on any atom is -0.299 e. The van der Waals surface area contributed by atoms with E-state index in [0.29, 0.717) is 0 Å². The highest BCUT2D eigenvalue weighted by molar-refractivity contribution is 9.09. The lowest BCUT2D eigenvalue weighted by Gasteiger charge is -2.29. The van der Waals surface area contributed by atoms with Crippen molar-refractivity contribution in [2.45, 2.75) is 58.9 Å². The summed E-state index contributed by atoms with van der Waals surface area (Å²) in [6.45, 7) is 9.70.